The molecule has 8 heteroatoms. The highest BCUT2D eigenvalue weighted by Crippen LogP contribution is 2.35. The van der Waals surface area contributed by atoms with E-state index in [1.165, 1.54) is 12.3 Å². The molecule has 0 aliphatic carbocycles. The van der Waals surface area contributed by atoms with Gasteiger partial charge in [-0.25, -0.2) is 13.8 Å². The van der Waals surface area contributed by atoms with Gasteiger partial charge >= 0.3 is 0 Å². The Labute approximate surface area is 176 Å². The third kappa shape index (κ3) is 4.33. The van der Waals surface area contributed by atoms with Gasteiger partial charge in [-0.3, -0.25) is 9.79 Å². The molecule has 3 rings (SSSR count). The fraction of sp³-hybridized carbons (Fsp3) is 0.0455. The number of fused-ring (bicyclic) bond motifs is 1. The topological polar surface area (TPSA) is 71.6 Å². The van der Waals surface area contributed by atoms with Crippen LogP contribution in [0.5, 0.6) is 0 Å². The van der Waals surface area contributed by atoms with E-state index in [4.69, 9.17) is 5.73 Å². The summed E-state index contributed by atoms with van der Waals surface area (Å²) in [6.45, 7) is 6.93. The van der Waals surface area contributed by atoms with Crippen molar-refractivity contribution in [3.05, 3.63) is 83.5 Å². The molecule has 2 aromatic heterocycles. The van der Waals surface area contributed by atoms with Crippen LogP contribution in [0.4, 0.5) is 20.2 Å². The number of halogens is 2. The molecule has 1 amide bonds. The average Bonchev–Trinajstić information content (AvgIpc) is 3.07. The number of pyridine rings is 1. The van der Waals surface area contributed by atoms with Crippen LogP contribution in [-0.2, 0) is 0 Å². The van der Waals surface area contributed by atoms with E-state index < -0.39 is 17.5 Å². The predicted molar refractivity (Wildman–Crippen MR) is 120 cm³/mol. The van der Waals surface area contributed by atoms with Crippen molar-refractivity contribution in [3.8, 4) is 0 Å². The van der Waals surface area contributed by atoms with E-state index in [2.05, 4.69) is 23.3 Å². The quantitative estimate of drug-likeness (QED) is 0.321. The largest absolute Gasteiger partial charge is 0.397 e. The molecule has 30 heavy (non-hydrogen) atoms. The van der Waals surface area contributed by atoms with Gasteiger partial charge in [0.2, 0.25) is 0 Å². The first-order valence-electron chi connectivity index (χ1n) is 8.82. The summed E-state index contributed by atoms with van der Waals surface area (Å²) in [6, 6.07) is 6.45. The van der Waals surface area contributed by atoms with Crippen LogP contribution in [-0.4, -0.2) is 24.2 Å². The number of nitrogens with two attached hydrogens (primary N) is 1. The summed E-state index contributed by atoms with van der Waals surface area (Å²) in [4.78, 5) is 23.1. The van der Waals surface area contributed by atoms with E-state index in [1.807, 2.05) is 0 Å². The Bertz CT molecular complexity index is 1180. The molecule has 152 valence electrons. The van der Waals surface area contributed by atoms with E-state index in [0.29, 0.717) is 15.9 Å². The molecule has 0 aliphatic heterocycles. The van der Waals surface area contributed by atoms with E-state index in [1.54, 1.807) is 30.4 Å². The second-order valence-corrected chi connectivity index (χ2v) is 7.12. The summed E-state index contributed by atoms with van der Waals surface area (Å²) in [5, 5.41) is 0.613. The Hall–Kier alpha value is -3.65. The molecule has 0 spiro atoms. The lowest BCUT2D eigenvalue weighted by atomic mass is 10.2. The van der Waals surface area contributed by atoms with Crippen molar-refractivity contribution in [1.82, 2.24) is 4.98 Å². The van der Waals surface area contributed by atoms with Crippen LogP contribution < -0.4 is 10.6 Å². The maximum Gasteiger partial charge on any atom is 0.270 e. The lowest BCUT2D eigenvalue weighted by Gasteiger charge is -2.21. The van der Waals surface area contributed by atoms with Gasteiger partial charge in [-0.05, 0) is 43.1 Å². The number of nitrogens with zero attached hydrogens (tertiary/aromatic N) is 3. The molecule has 0 saturated carbocycles. The van der Waals surface area contributed by atoms with Crippen molar-refractivity contribution >= 4 is 51.6 Å². The molecule has 0 radical (unpaired) electrons. The van der Waals surface area contributed by atoms with Gasteiger partial charge < -0.3 is 10.6 Å². The number of thiophene rings is 1. The molecule has 2 N–H and O–H groups in total. The summed E-state index contributed by atoms with van der Waals surface area (Å²) in [6.07, 6.45) is 8.19. The third-order valence-corrected chi connectivity index (χ3v) is 5.24. The zero-order valence-electron chi connectivity index (χ0n) is 15.9. The van der Waals surface area contributed by atoms with Crippen LogP contribution in [0, 0.1) is 11.6 Å². The highest BCUT2D eigenvalue weighted by molar-refractivity contribution is 7.21. The summed E-state index contributed by atoms with van der Waals surface area (Å²) >= 11 is 1.09. The number of allylic oxidation sites excluding steroid dienone is 2. The van der Waals surface area contributed by atoms with Gasteiger partial charge in [-0.15, -0.1) is 17.9 Å². The van der Waals surface area contributed by atoms with Crippen LogP contribution in [0.2, 0.25) is 0 Å². The Morgan fingerprint density at radius 3 is 2.80 bits per heavy atom. The van der Waals surface area contributed by atoms with Gasteiger partial charge in [-0.1, -0.05) is 12.2 Å². The molecule has 2 heterocycles. The number of carbonyl (C=O) groups is 1. The third-order valence-electron chi connectivity index (χ3n) is 4.13. The number of hydrogen-bond acceptors (Lipinski definition) is 5. The minimum Gasteiger partial charge on any atom is -0.397 e. The first kappa shape index (κ1) is 21.1. The standard InChI is InChI=1S/C22H18F2N4OS/c1-3-12-28(18-13-14(23)7-10-17(18)24)22(29)20-19(25)16-9-8-15(27-21(16)30-20)6-4-5-11-26-2/h3-11,13H,1-2,12,25H2/b6-4+,11-5-. The fourth-order valence-electron chi connectivity index (χ4n) is 2.76. The number of hydrogen-bond donors (Lipinski definition) is 1. The number of aliphatic imine (C=N–C) groups is 1. The molecule has 3 aromatic rings. The van der Waals surface area contributed by atoms with Gasteiger partial charge in [0.25, 0.3) is 5.91 Å². The minimum absolute atomic E-state index is 0.0159. The van der Waals surface area contributed by atoms with E-state index in [-0.39, 0.29) is 22.8 Å². The second-order valence-electron chi connectivity index (χ2n) is 6.12. The van der Waals surface area contributed by atoms with Gasteiger partial charge in [0.15, 0.2) is 0 Å². The maximum absolute atomic E-state index is 14.3. The number of aromatic nitrogens is 1. The lowest BCUT2D eigenvalue weighted by Crippen LogP contribution is -2.31. The first-order valence-corrected chi connectivity index (χ1v) is 9.63. The molecular weight excluding hydrogens is 406 g/mol. The zero-order chi connectivity index (χ0) is 21.7. The molecule has 0 atom stereocenters. The Morgan fingerprint density at radius 2 is 2.07 bits per heavy atom. The van der Waals surface area contributed by atoms with Crippen molar-refractivity contribution < 1.29 is 13.6 Å². The minimum atomic E-state index is -0.723. The summed E-state index contributed by atoms with van der Waals surface area (Å²) in [5.74, 6) is -1.94. The van der Waals surface area contributed by atoms with Crippen molar-refractivity contribution in [2.24, 2.45) is 4.99 Å². The second kappa shape index (κ2) is 9.23. The highest BCUT2D eigenvalue weighted by atomic mass is 32.1. The molecule has 0 unspecified atom stereocenters. The molecule has 0 bridgehead atoms. The van der Waals surface area contributed by atoms with E-state index >= 15 is 0 Å². The van der Waals surface area contributed by atoms with Crippen LogP contribution in [0.1, 0.15) is 15.4 Å². The van der Waals surface area contributed by atoms with E-state index in [0.717, 1.165) is 34.4 Å². The van der Waals surface area contributed by atoms with Crippen LogP contribution in [0.25, 0.3) is 16.3 Å². The van der Waals surface area contributed by atoms with Crippen LogP contribution >= 0.6 is 11.3 Å². The summed E-state index contributed by atoms with van der Waals surface area (Å²) < 4.78 is 28.0. The Balaban J connectivity index is 2.02. The number of benzene rings is 1. The van der Waals surface area contributed by atoms with Gasteiger partial charge in [0.05, 0.1) is 17.1 Å². The fourth-order valence-corrected chi connectivity index (χ4v) is 3.81. The Morgan fingerprint density at radius 1 is 1.27 bits per heavy atom. The van der Waals surface area contributed by atoms with Crippen molar-refractivity contribution in [2.45, 2.75) is 0 Å². The lowest BCUT2D eigenvalue weighted by molar-refractivity contribution is 0.0993. The van der Waals surface area contributed by atoms with Gasteiger partial charge in [0, 0.05) is 24.2 Å². The number of nitrogen functional groups attached to an aromatic ring is 1. The van der Waals surface area contributed by atoms with Gasteiger partial charge in [-0.2, -0.15) is 0 Å². The molecule has 0 saturated heterocycles. The molecular formula is C22H18F2N4OS. The SMILES string of the molecule is C=CCN(C(=O)c1sc2nc(/C=C/C=C\N=C)ccc2c1N)c1cc(F)ccc1F. The van der Waals surface area contributed by atoms with Crippen LogP contribution in [0.3, 0.4) is 0 Å². The van der Waals surface area contributed by atoms with Crippen LogP contribution in [0.15, 0.2) is 66.3 Å². The molecule has 0 fully saturated rings. The normalized spacial score (nSPS) is 11.4. The molecule has 1 aromatic carbocycles. The monoisotopic (exact) mass is 424 g/mol. The number of carbonyl (C=O) groups excluding carboxylic acids is 1. The first-order chi connectivity index (χ1) is 14.5. The smallest absolute Gasteiger partial charge is 0.270 e. The van der Waals surface area contributed by atoms with E-state index in [9.17, 15) is 13.6 Å². The maximum atomic E-state index is 14.3. The summed E-state index contributed by atoms with van der Waals surface area (Å²) in [5.41, 5.74) is 6.91. The van der Waals surface area contributed by atoms with Crippen molar-refractivity contribution in [3.63, 3.8) is 0 Å². The molecule has 0 aliphatic rings. The molecule has 5 nitrogen and oxygen atoms in total. The number of amides is 1. The number of anilines is 2. The summed E-state index contributed by atoms with van der Waals surface area (Å²) in [7, 11) is 0. The highest BCUT2D eigenvalue weighted by Gasteiger charge is 2.25. The van der Waals surface area contributed by atoms with Crippen molar-refractivity contribution in [2.75, 3.05) is 17.2 Å². The number of rotatable bonds is 7. The van der Waals surface area contributed by atoms with Crippen molar-refractivity contribution in [1.29, 1.82) is 0 Å². The predicted octanol–water partition coefficient (Wildman–Crippen LogP) is 5.22. The average molecular weight is 424 g/mol. The Kier molecular flexibility index (Phi) is 6.48. The zero-order valence-corrected chi connectivity index (χ0v) is 16.7. The van der Waals surface area contributed by atoms with Gasteiger partial charge in [0.1, 0.15) is 21.3 Å².